The summed E-state index contributed by atoms with van der Waals surface area (Å²) < 4.78 is 5.56. The average molecular weight is 449 g/mol. The third-order valence-electron chi connectivity index (χ3n) is 7.84. The Kier molecular flexibility index (Phi) is 6.83. The maximum Gasteiger partial charge on any atom is 0.251 e. The second-order valence-corrected chi connectivity index (χ2v) is 9.73. The SMILES string of the molecule is COc1ccccc1N1CCN(CC2CN3CCC2CC3CNC(=O)c2ccccc2)CC1. The molecule has 2 bridgehead atoms. The lowest BCUT2D eigenvalue weighted by molar-refractivity contribution is -0.0120. The molecule has 0 radical (unpaired) electrons. The van der Waals surface area contributed by atoms with Gasteiger partial charge in [0.15, 0.2) is 0 Å². The molecule has 4 aliphatic heterocycles. The molecule has 0 aromatic heterocycles. The second-order valence-electron chi connectivity index (χ2n) is 9.73. The number of ether oxygens (including phenoxy) is 1. The number of nitrogens with one attached hydrogen (secondary N) is 1. The molecule has 1 amide bonds. The number of benzene rings is 2. The van der Waals surface area contributed by atoms with E-state index in [0.29, 0.717) is 6.04 Å². The Morgan fingerprint density at radius 2 is 1.76 bits per heavy atom. The number of carbonyl (C=O) groups is 1. The molecule has 4 heterocycles. The summed E-state index contributed by atoms with van der Waals surface area (Å²) in [4.78, 5) is 20.2. The van der Waals surface area contributed by atoms with E-state index in [1.807, 2.05) is 42.5 Å². The molecule has 2 aromatic rings. The van der Waals surface area contributed by atoms with E-state index in [0.717, 1.165) is 55.9 Å². The molecule has 2 aromatic carbocycles. The van der Waals surface area contributed by atoms with Crippen LogP contribution in [0.3, 0.4) is 0 Å². The zero-order valence-electron chi connectivity index (χ0n) is 19.7. The molecule has 0 spiro atoms. The van der Waals surface area contributed by atoms with E-state index in [1.165, 1.54) is 38.2 Å². The molecule has 0 saturated carbocycles. The van der Waals surface area contributed by atoms with Gasteiger partial charge in [-0.3, -0.25) is 14.6 Å². The van der Waals surface area contributed by atoms with Crippen LogP contribution in [0.4, 0.5) is 5.69 Å². The number of fused-ring (bicyclic) bond motifs is 3. The number of amides is 1. The van der Waals surface area contributed by atoms with E-state index in [1.54, 1.807) is 7.11 Å². The van der Waals surface area contributed by atoms with Gasteiger partial charge in [0.1, 0.15) is 5.75 Å². The van der Waals surface area contributed by atoms with Gasteiger partial charge in [0, 0.05) is 57.4 Å². The van der Waals surface area contributed by atoms with Gasteiger partial charge in [-0.25, -0.2) is 0 Å². The van der Waals surface area contributed by atoms with Gasteiger partial charge in [-0.2, -0.15) is 0 Å². The van der Waals surface area contributed by atoms with Gasteiger partial charge in [0.25, 0.3) is 5.91 Å². The van der Waals surface area contributed by atoms with Crippen molar-refractivity contribution in [1.82, 2.24) is 15.1 Å². The molecule has 4 aliphatic rings. The molecule has 4 unspecified atom stereocenters. The number of piperidine rings is 3. The van der Waals surface area contributed by atoms with E-state index in [9.17, 15) is 4.79 Å². The Labute approximate surface area is 197 Å². The maximum atomic E-state index is 12.4. The monoisotopic (exact) mass is 448 g/mol. The third kappa shape index (κ3) is 5.02. The smallest absolute Gasteiger partial charge is 0.251 e. The van der Waals surface area contributed by atoms with Crippen LogP contribution in [0.15, 0.2) is 54.6 Å². The molecule has 4 saturated heterocycles. The summed E-state index contributed by atoms with van der Waals surface area (Å²) in [6, 6.07) is 18.4. The quantitative estimate of drug-likeness (QED) is 0.706. The summed E-state index contributed by atoms with van der Waals surface area (Å²) in [5.74, 6) is 2.54. The normalized spacial score (nSPS) is 27.4. The van der Waals surface area contributed by atoms with E-state index in [2.05, 4.69) is 32.1 Å². The van der Waals surface area contributed by atoms with Crippen LogP contribution in [-0.2, 0) is 0 Å². The summed E-state index contributed by atoms with van der Waals surface area (Å²) in [5.41, 5.74) is 1.96. The number of nitrogens with zero attached hydrogens (tertiary/aromatic N) is 3. The molecular weight excluding hydrogens is 412 g/mol. The topological polar surface area (TPSA) is 48.1 Å². The largest absolute Gasteiger partial charge is 0.495 e. The van der Waals surface area contributed by atoms with Crippen molar-refractivity contribution < 1.29 is 9.53 Å². The minimum absolute atomic E-state index is 0.0442. The summed E-state index contributed by atoms with van der Waals surface area (Å²) in [6.45, 7) is 8.62. The molecule has 0 aliphatic carbocycles. The van der Waals surface area contributed by atoms with Crippen molar-refractivity contribution in [2.24, 2.45) is 11.8 Å². The van der Waals surface area contributed by atoms with Gasteiger partial charge in [-0.05, 0) is 55.5 Å². The molecule has 4 fully saturated rings. The van der Waals surface area contributed by atoms with Crippen molar-refractivity contribution in [2.45, 2.75) is 18.9 Å². The molecular formula is C27H36N4O2. The molecule has 1 N–H and O–H groups in total. The number of hydrogen-bond donors (Lipinski definition) is 1. The summed E-state index contributed by atoms with van der Waals surface area (Å²) in [5, 5.41) is 3.17. The Morgan fingerprint density at radius 3 is 2.48 bits per heavy atom. The molecule has 6 nitrogen and oxygen atoms in total. The van der Waals surface area contributed by atoms with Crippen LogP contribution in [0.2, 0.25) is 0 Å². The molecule has 6 rings (SSSR count). The first-order chi connectivity index (χ1) is 16.2. The van der Waals surface area contributed by atoms with Crippen molar-refractivity contribution >= 4 is 11.6 Å². The Bertz CT molecular complexity index is 929. The molecule has 176 valence electrons. The fourth-order valence-corrected chi connectivity index (χ4v) is 5.96. The Balaban J connectivity index is 1.09. The van der Waals surface area contributed by atoms with Crippen LogP contribution < -0.4 is 15.0 Å². The Hall–Kier alpha value is -2.57. The van der Waals surface area contributed by atoms with Gasteiger partial charge in [-0.15, -0.1) is 0 Å². The standard InChI is InChI=1S/C27H36N4O2/c1-33-26-10-6-5-9-25(26)30-15-13-29(14-16-30)19-23-20-31-12-11-22(23)17-24(31)18-28-27(32)21-7-3-2-4-8-21/h2-10,22-24H,11-20H2,1H3,(H,28,32). The number of hydrogen-bond acceptors (Lipinski definition) is 5. The molecule has 33 heavy (non-hydrogen) atoms. The number of piperazine rings is 1. The zero-order chi connectivity index (χ0) is 22.6. The van der Waals surface area contributed by atoms with Gasteiger partial charge in [-0.1, -0.05) is 30.3 Å². The first kappa shape index (κ1) is 22.2. The highest BCUT2D eigenvalue weighted by atomic mass is 16.5. The van der Waals surface area contributed by atoms with Crippen molar-refractivity contribution in [3.05, 3.63) is 60.2 Å². The number of anilines is 1. The fraction of sp³-hybridized carbons (Fsp3) is 0.519. The average Bonchev–Trinajstić information content (AvgIpc) is 2.89. The van der Waals surface area contributed by atoms with Crippen molar-refractivity contribution in [3.8, 4) is 5.75 Å². The minimum atomic E-state index is 0.0442. The lowest BCUT2D eigenvalue weighted by Gasteiger charge is -2.51. The minimum Gasteiger partial charge on any atom is -0.495 e. The third-order valence-corrected chi connectivity index (χ3v) is 7.84. The predicted molar refractivity (Wildman–Crippen MR) is 132 cm³/mol. The van der Waals surface area contributed by atoms with Crippen molar-refractivity contribution in [3.63, 3.8) is 0 Å². The molecule has 6 heteroatoms. The number of para-hydroxylation sites is 2. The van der Waals surface area contributed by atoms with E-state index in [-0.39, 0.29) is 5.91 Å². The number of rotatable bonds is 7. The summed E-state index contributed by atoms with van der Waals surface area (Å²) in [6.07, 6.45) is 2.51. The second kappa shape index (κ2) is 10.1. The van der Waals surface area contributed by atoms with Gasteiger partial charge < -0.3 is 15.0 Å². The van der Waals surface area contributed by atoms with Crippen molar-refractivity contribution in [2.75, 3.05) is 64.4 Å². The van der Waals surface area contributed by atoms with Crippen molar-refractivity contribution in [1.29, 1.82) is 0 Å². The maximum absolute atomic E-state index is 12.4. The lowest BCUT2D eigenvalue weighted by Crippen LogP contribution is -2.59. The van der Waals surface area contributed by atoms with E-state index in [4.69, 9.17) is 4.74 Å². The zero-order valence-corrected chi connectivity index (χ0v) is 19.7. The van der Waals surface area contributed by atoms with Crippen LogP contribution in [0.5, 0.6) is 5.75 Å². The van der Waals surface area contributed by atoms with Gasteiger partial charge in [0.05, 0.1) is 12.8 Å². The van der Waals surface area contributed by atoms with Gasteiger partial charge in [0.2, 0.25) is 0 Å². The summed E-state index contributed by atoms with van der Waals surface area (Å²) in [7, 11) is 1.75. The van der Waals surface area contributed by atoms with Crippen LogP contribution in [0.1, 0.15) is 23.2 Å². The van der Waals surface area contributed by atoms with E-state index < -0.39 is 0 Å². The predicted octanol–water partition coefficient (Wildman–Crippen LogP) is 2.96. The van der Waals surface area contributed by atoms with E-state index >= 15 is 0 Å². The highest BCUT2D eigenvalue weighted by Gasteiger charge is 2.40. The van der Waals surface area contributed by atoms with Crippen LogP contribution in [0, 0.1) is 11.8 Å². The number of methoxy groups -OCH3 is 1. The first-order valence-electron chi connectivity index (χ1n) is 12.4. The fourth-order valence-electron chi connectivity index (χ4n) is 5.96. The van der Waals surface area contributed by atoms with Crippen LogP contribution in [0.25, 0.3) is 0 Å². The lowest BCUT2D eigenvalue weighted by atomic mass is 9.75. The van der Waals surface area contributed by atoms with Gasteiger partial charge >= 0.3 is 0 Å². The highest BCUT2D eigenvalue weighted by molar-refractivity contribution is 5.94. The number of carbonyl (C=O) groups excluding carboxylic acids is 1. The molecule has 4 atom stereocenters. The van der Waals surface area contributed by atoms with Crippen LogP contribution >= 0.6 is 0 Å². The first-order valence-corrected chi connectivity index (χ1v) is 12.4. The Morgan fingerprint density at radius 1 is 1.00 bits per heavy atom. The summed E-state index contributed by atoms with van der Waals surface area (Å²) >= 11 is 0. The highest BCUT2D eigenvalue weighted by Crippen LogP contribution is 2.37. The van der Waals surface area contributed by atoms with Crippen LogP contribution in [-0.4, -0.2) is 81.2 Å².